The van der Waals surface area contributed by atoms with E-state index < -0.39 is 0 Å². The number of hydroxylamine groups is 1. The molecule has 0 bridgehead atoms. The van der Waals surface area contributed by atoms with Crippen molar-refractivity contribution in [1.29, 1.82) is 0 Å². The van der Waals surface area contributed by atoms with Crippen molar-refractivity contribution in [2.75, 3.05) is 19.8 Å². The van der Waals surface area contributed by atoms with E-state index in [1.165, 1.54) is 0 Å². The highest BCUT2D eigenvalue weighted by molar-refractivity contribution is 5.75. The summed E-state index contributed by atoms with van der Waals surface area (Å²) in [6.07, 6.45) is 1.26. The molecule has 0 rings (SSSR count). The van der Waals surface area contributed by atoms with Crippen LogP contribution in [0.4, 0.5) is 0 Å². The van der Waals surface area contributed by atoms with Gasteiger partial charge in [-0.1, -0.05) is 6.92 Å². The fraction of sp³-hybridized carbons (Fsp3) is 0.700. The number of nitrogens with one attached hydrogen (secondary N) is 2. The number of carbonyl (C=O) groups excluding carboxylic acids is 1. The van der Waals surface area contributed by atoms with Crippen LogP contribution in [0.15, 0.2) is 12.5 Å². The van der Waals surface area contributed by atoms with Gasteiger partial charge in [0, 0.05) is 6.54 Å². The van der Waals surface area contributed by atoms with Crippen molar-refractivity contribution in [3.63, 3.8) is 0 Å². The fourth-order valence-corrected chi connectivity index (χ4v) is 0.832. The Morgan fingerprint density at radius 1 is 1.40 bits per heavy atom. The van der Waals surface area contributed by atoms with Crippen molar-refractivity contribution < 1.29 is 14.4 Å². The van der Waals surface area contributed by atoms with E-state index in [4.69, 9.17) is 9.57 Å². The van der Waals surface area contributed by atoms with Gasteiger partial charge in [-0.3, -0.25) is 9.63 Å². The van der Waals surface area contributed by atoms with Gasteiger partial charge in [0.25, 0.3) is 0 Å². The minimum atomic E-state index is -0.0133. The Hall–Kier alpha value is -1.23. The van der Waals surface area contributed by atoms with Gasteiger partial charge < -0.3 is 10.1 Å². The third kappa shape index (κ3) is 9.08. The minimum Gasteiger partial charge on any atom is -0.478 e. The van der Waals surface area contributed by atoms with Crippen LogP contribution in [0.5, 0.6) is 0 Å². The van der Waals surface area contributed by atoms with Crippen LogP contribution in [-0.2, 0) is 14.4 Å². The van der Waals surface area contributed by atoms with Gasteiger partial charge in [0.2, 0.25) is 11.8 Å². The molecule has 88 valence electrons. The van der Waals surface area contributed by atoms with E-state index in [1.807, 2.05) is 13.8 Å². The van der Waals surface area contributed by atoms with Gasteiger partial charge in [-0.25, -0.2) is 5.48 Å². The van der Waals surface area contributed by atoms with Crippen molar-refractivity contribution in [1.82, 2.24) is 10.8 Å². The average Bonchev–Trinajstić information content (AvgIpc) is 2.22. The van der Waals surface area contributed by atoms with Gasteiger partial charge in [0.1, 0.15) is 0 Å². The quantitative estimate of drug-likeness (QED) is 0.342. The molecule has 0 atom stereocenters. The second-order valence-corrected chi connectivity index (χ2v) is 2.91. The molecule has 0 saturated carbocycles. The molecule has 0 fully saturated rings. The van der Waals surface area contributed by atoms with Crippen LogP contribution < -0.4 is 10.8 Å². The van der Waals surface area contributed by atoms with Crippen molar-refractivity contribution in [2.24, 2.45) is 0 Å². The molecule has 15 heavy (non-hydrogen) atoms. The summed E-state index contributed by atoms with van der Waals surface area (Å²) in [4.78, 5) is 16.1. The van der Waals surface area contributed by atoms with E-state index in [9.17, 15) is 4.79 Å². The van der Waals surface area contributed by atoms with Crippen molar-refractivity contribution in [3.05, 3.63) is 12.5 Å². The fourth-order valence-electron chi connectivity index (χ4n) is 0.832. The molecule has 2 N–H and O–H groups in total. The highest BCUT2D eigenvalue weighted by Crippen LogP contribution is 1.88. The highest BCUT2D eigenvalue weighted by atomic mass is 16.7. The molecule has 5 heteroatoms. The van der Waals surface area contributed by atoms with Gasteiger partial charge in [-0.2, -0.15) is 0 Å². The van der Waals surface area contributed by atoms with Gasteiger partial charge in [-0.05, 0) is 19.9 Å². The number of ether oxygens (including phenoxy) is 1. The maximum atomic E-state index is 11.1. The number of hydrogen-bond acceptors (Lipinski definition) is 4. The van der Waals surface area contributed by atoms with Crippen LogP contribution in [-0.4, -0.2) is 25.7 Å². The first-order valence-electron chi connectivity index (χ1n) is 5.16. The Bertz CT molecular complexity index is 195. The second kappa shape index (κ2) is 9.33. The van der Waals surface area contributed by atoms with Crippen molar-refractivity contribution in [3.8, 4) is 0 Å². The van der Waals surface area contributed by atoms with Gasteiger partial charge in [0.15, 0.2) is 0 Å². The predicted molar refractivity (Wildman–Crippen MR) is 57.8 cm³/mol. The molecule has 5 nitrogen and oxygen atoms in total. The lowest BCUT2D eigenvalue weighted by Crippen LogP contribution is -2.26. The van der Waals surface area contributed by atoms with E-state index in [1.54, 1.807) is 0 Å². The Labute approximate surface area is 90.8 Å². The zero-order chi connectivity index (χ0) is 11.5. The number of rotatable bonds is 9. The second-order valence-electron chi connectivity index (χ2n) is 2.91. The molecule has 0 unspecified atom stereocenters. The first-order valence-corrected chi connectivity index (χ1v) is 5.16. The van der Waals surface area contributed by atoms with Crippen LogP contribution in [0.3, 0.4) is 0 Å². The Kier molecular flexibility index (Phi) is 8.56. The lowest BCUT2D eigenvalue weighted by molar-refractivity contribution is -0.122. The monoisotopic (exact) mass is 216 g/mol. The molecule has 0 heterocycles. The summed E-state index contributed by atoms with van der Waals surface area (Å²) in [6, 6.07) is 0. The standard InChI is InChI=1S/C10H20N2O3/c1-4-7-11-10(13)6-8-15-12-9(3)14-5-2/h12H,3-8H2,1-2H3,(H,11,13). The SMILES string of the molecule is C=C(NOCCC(=O)NCCC)OCC. The predicted octanol–water partition coefficient (Wildman–Crippen LogP) is 0.932. The van der Waals surface area contributed by atoms with Crippen LogP contribution >= 0.6 is 0 Å². The molecule has 0 aliphatic heterocycles. The van der Waals surface area contributed by atoms with Crippen LogP contribution in [0.2, 0.25) is 0 Å². The summed E-state index contributed by atoms with van der Waals surface area (Å²) in [7, 11) is 0. The zero-order valence-corrected chi connectivity index (χ0v) is 9.47. The number of amides is 1. The number of carbonyl (C=O) groups is 1. The topological polar surface area (TPSA) is 59.6 Å². The molecule has 0 radical (unpaired) electrons. The summed E-state index contributed by atoms with van der Waals surface area (Å²) in [5.74, 6) is 0.340. The minimum absolute atomic E-state index is 0.0133. The van der Waals surface area contributed by atoms with E-state index in [2.05, 4.69) is 17.4 Å². The van der Waals surface area contributed by atoms with E-state index in [0.29, 0.717) is 32.1 Å². The summed E-state index contributed by atoms with van der Waals surface area (Å²) in [5, 5.41) is 2.75. The summed E-state index contributed by atoms with van der Waals surface area (Å²) in [6.45, 7) is 8.94. The van der Waals surface area contributed by atoms with Crippen molar-refractivity contribution >= 4 is 5.91 Å². The van der Waals surface area contributed by atoms with E-state index in [-0.39, 0.29) is 5.91 Å². The molecule has 0 spiro atoms. The molecular weight excluding hydrogens is 196 g/mol. The first kappa shape index (κ1) is 13.8. The Morgan fingerprint density at radius 3 is 2.73 bits per heavy atom. The molecule has 0 aromatic heterocycles. The Morgan fingerprint density at radius 2 is 2.13 bits per heavy atom. The lowest BCUT2D eigenvalue weighted by atomic mass is 10.4. The summed E-state index contributed by atoms with van der Waals surface area (Å²) < 4.78 is 4.98. The first-order chi connectivity index (χ1) is 7.20. The summed E-state index contributed by atoms with van der Waals surface area (Å²) >= 11 is 0. The van der Waals surface area contributed by atoms with Gasteiger partial charge in [0.05, 0.1) is 19.6 Å². The molecular formula is C10H20N2O3. The third-order valence-electron chi connectivity index (χ3n) is 1.51. The Balaban J connectivity index is 3.30. The maximum Gasteiger partial charge on any atom is 0.222 e. The maximum absolute atomic E-state index is 11.1. The normalized spacial score (nSPS) is 9.47. The number of hydrogen-bond donors (Lipinski definition) is 2. The van der Waals surface area contributed by atoms with Crippen LogP contribution in [0.1, 0.15) is 26.7 Å². The van der Waals surface area contributed by atoms with Crippen molar-refractivity contribution in [2.45, 2.75) is 26.7 Å². The lowest BCUT2D eigenvalue weighted by Gasteiger charge is -2.09. The average molecular weight is 216 g/mol. The van der Waals surface area contributed by atoms with E-state index >= 15 is 0 Å². The molecule has 0 saturated heterocycles. The molecule has 0 aromatic carbocycles. The zero-order valence-electron chi connectivity index (χ0n) is 9.47. The van der Waals surface area contributed by atoms with Crippen LogP contribution in [0, 0.1) is 0 Å². The highest BCUT2D eigenvalue weighted by Gasteiger charge is 1.99. The largest absolute Gasteiger partial charge is 0.478 e. The third-order valence-corrected chi connectivity index (χ3v) is 1.51. The van der Waals surface area contributed by atoms with E-state index in [0.717, 1.165) is 6.42 Å². The van der Waals surface area contributed by atoms with Gasteiger partial charge >= 0.3 is 0 Å². The summed E-state index contributed by atoms with van der Waals surface area (Å²) in [5.41, 5.74) is 2.50. The van der Waals surface area contributed by atoms with Gasteiger partial charge in [-0.15, -0.1) is 0 Å². The molecule has 0 aliphatic rings. The van der Waals surface area contributed by atoms with Crippen LogP contribution in [0.25, 0.3) is 0 Å². The smallest absolute Gasteiger partial charge is 0.222 e. The molecule has 0 aliphatic carbocycles. The molecule has 1 amide bonds. The molecule has 0 aromatic rings.